The van der Waals surface area contributed by atoms with Gasteiger partial charge in [-0.3, -0.25) is 9.59 Å². The minimum Gasteiger partial charge on any atom is -0.350 e. The van der Waals surface area contributed by atoms with Crippen molar-refractivity contribution in [1.29, 1.82) is 0 Å². The highest BCUT2D eigenvalue weighted by Crippen LogP contribution is 2.16. The summed E-state index contributed by atoms with van der Waals surface area (Å²) in [5.74, 6) is -0.492. The number of nitrogens with one attached hydrogen (secondary N) is 2. The fourth-order valence-corrected chi connectivity index (χ4v) is 2.11. The molecule has 0 aliphatic carbocycles. The Morgan fingerprint density at radius 3 is 2.23 bits per heavy atom. The van der Waals surface area contributed by atoms with Crippen LogP contribution in [0.3, 0.4) is 0 Å². The van der Waals surface area contributed by atoms with Crippen LogP contribution >= 0.6 is 11.6 Å². The lowest BCUT2D eigenvalue weighted by Gasteiger charge is -2.10. The van der Waals surface area contributed by atoms with E-state index in [0.717, 1.165) is 0 Å². The minimum atomic E-state index is -0.290. The molecule has 0 aliphatic rings. The van der Waals surface area contributed by atoms with E-state index in [9.17, 15) is 9.59 Å². The highest BCUT2D eigenvalue weighted by Gasteiger charge is 2.11. The molecule has 2 amide bonds. The van der Waals surface area contributed by atoms with Crippen molar-refractivity contribution in [2.75, 3.05) is 5.32 Å². The van der Waals surface area contributed by atoms with Gasteiger partial charge in [0, 0.05) is 27.9 Å². The number of anilines is 1. The predicted molar refractivity (Wildman–Crippen MR) is 88.4 cm³/mol. The van der Waals surface area contributed by atoms with Crippen LogP contribution in [0.15, 0.2) is 48.5 Å². The molecule has 0 radical (unpaired) electrons. The van der Waals surface area contributed by atoms with E-state index in [0.29, 0.717) is 21.8 Å². The van der Waals surface area contributed by atoms with Gasteiger partial charge in [-0.15, -0.1) is 0 Å². The molecule has 0 aromatic heterocycles. The first-order valence-corrected chi connectivity index (χ1v) is 7.31. The SMILES string of the molecule is CC(C)NC(=O)c1cccc(C(=O)Nc2cccc(Cl)c2)c1. The number of halogens is 1. The van der Waals surface area contributed by atoms with Gasteiger partial charge in [-0.05, 0) is 50.2 Å². The van der Waals surface area contributed by atoms with Crippen LogP contribution in [0.1, 0.15) is 34.6 Å². The molecule has 2 rings (SSSR count). The first-order chi connectivity index (χ1) is 10.5. The van der Waals surface area contributed by atoms with Gasteiger partial charge in [0.25, 0.3) is 11.8 Å². The lowest BCUT2D eigenvalue weighted by atomic mass is 10.1. The van der Waals surface area contributed by atoms with Crippen molar-refractivity contribution >= 4 is 29.1 Å². The summed E-state index contributed by atoms with van der Waals surface area (Å²) >= 11 is 5.89. The van der Waals surface area contributed by atoms with Crippen molar-refractivity contribution in [3.8, 4) is 0 Å². The largest absolute Gasteiger partial charge is 0.350 e. The molecule has 4 nitrogen and oxygen atoms in total. The molecular weight excluding hydrogens is 300 g/mol. The summed E-state index contributed by atoms with van der Waals surface area (Å²) in [4.78, 5) is 24.2. The number of hydrogen-bond donors (Lipinski definition) is 2. The maximum atomic E-state index is 12.2. The average Bonchev–Trinajstić information content (AvgIpc) is 2.46. The molecule has 2 N–H and O–H groups in total. The molecule has 0 fully saturated rings. The smallest absolute Gasteiger partial charge is 0.255 e. The molecule has 0 saturated heterocycles. The first-order valence-electron chi connectivity index (χ1n) is 6.93. The van der Waals surface area contributed by atoms with Crippen molar-refractivity contribution in [1.82, 2.24) is 5.32 Å². The van der Waals surface area contributed by atoms with Crippen LogP contribution in [0.2, 0.25) is 5.02 Å². The first kappa shape index (κ1) is 16.0. The van der Waals surface area contributed by atoms with E-state index < -0.39 is 0 Å². The third-order valence-corrected chi connectivity index (χ3v) is 3.12. The quantitative estimate of drug-likeness (QED) is 0.903. The van der Waals surface area contributed by atoms with Crippen molar-refractivity contribution in [3.63, 3.8) is 0 Å². The molecular formula is C17H17ClN2O2. The Morgan fingerprint density at radius 2 is 1.59 bits per heavy atom. The highest BCUT2D eigenvalue weighted by molar-refractivity contribution is 6.31. The summed E-state index contributed by atoms with van der Waals surface area (Å²) in [6.45, 7) is 3.77. The number of hydrogen-bond acceptors (Lipinski definition) is 2. The van der Waals surface area contributed by atoms with Gasteiger partial charge in [0.1, 0.15) is 0 Å². The average molecular weight is 317 g/mol. The second kappa shape index (κ2) is 7.09. The number of benzene rings is 2. The van der Waals surface area contributed by atoms with Crippen molar-refractivity contribution in [2.45, 2.75) is 19.9 Å². The van der Waals surface area contributed by atoms with Crippen molar-refractivity contribution < 1.29 is 9.59 Å². The molecule has 0 aliphatic heterocycles. The van der Waals surface area contributed by atoms with Crippen LogP contribution in [0.25, 0.3) is 0 Å². The molecule has 2 aromatic carbocycles. The van der Waals surface area contributed by atoms with E-state index in [4.69, 9.17) is 11.6 Å². The van der Waals surface area contributed by atoms with Crippen LogP contribution in [0, 0.1) is 0 Å². The zero-order valence-corrected chi connectivity index (χ0v) is 13.1. The topological polar surface area (TPSA) is 58.2 Å². The van der Waals surface area contributed by atoms with Gasteiger partial charge in [0.2, 0.25) is 0 Å². The number of carbonyl (C=O) groups is 2. The summed E-state index contributed by atoms with van der Waals surface area (Å²) in [5, 5.41) is 6.09. The van der Waals surface area contributed by atoms with E-state index in [2.05, 4.69) is 10.6 Å². The fraction of sp³-hybridized carbons (Fsp3) is 0.176. The van der Waals surface area contributed by atoms with Crippen LogP contribution in [-0.2, 0) is 0 Å². The number of carbonyl (C=O) groups excluding carboxylic acids is 2. The molecule has 0 saturated carbocycles. The van der Waals surface area contributed by atoms with Gasteiger partial charge in [0.15, 0.2) is 0 Å². The molecule has 0 atom stereocenters. The monoisotopic (exact) mass is 316 g/mol. The zero-order chi connectivity index (χ0) is 16.1. The fourth-order valence-electron chi connectivity index (χ4n) is 1.92. The summed E-state index contributed by atoms with van der Waals surface area (Å²) in [6.07, 6.45) is 0. The van der Waals surface area contributed by atoms with E-state index in [1.165, 1.54) is 0 Å². The van der Waals surface area contributed by atoms with Crippen molar-refractivity contribution in [2.24, 2.45) is 0 Å². The van der Waals surface area contributed by atoms with Crippen LogP contribution in [0.4, 0.5) is 5.69 Å². The number of amides is 2. The summed E-state index contributed by atoms with van der Waals surface area (Å²) < 4.78 is 0. The molecule has 0 unspecified atom stereocenters. The highest BCUT2D eigenvalue weighted by atomic mass is 35.5. The molecule has 2 aromatic rings. The number of rotatable bonds is 4. The Morgan fingerprint density at radius 1 is 0.955 bits per heavy atom. The lowest BCUT2D eigenvalue weighted by Crippen LogP contribution is -2.30. The van der Waals surface area contributed by atoms with Crippen LogP contribution in [0.5, 0.6) is 0 Å². The van der Waals surface area contributed by atoms with E-state index in [1.807, 2.05) is 13.8 Å². The Balaban J connectivity index is 2.15. The third kappa shape index (κ3) is 4.33. The summed E-state index contributed by atoms with van der Waals surface area (Å²) in [5.41, 5.74) is 1.47. The summed E-state index contributed by atoms with van der Waals surface area (Å²) in [7, 11) is 0. The molecule has 0 heterocycles. The molecule has 0 spiro atoms. The van der Waals surface area contributed by atoms with Gasteiger partial charge >= 0.3 is 0 Å². The van der Waals surface area contributed by atoms with Gasteiger partial charge in [-0.25, -0.2) is 0 Å². The minimum absolute atomic E-state index is 0.0384. The Labute approximate surface area is 134 Å². The molecule has 0 bridgehead atoms. The van der Waals surface area contributed by atoms with Crippen LogP contribution in [-0.4, -0.2) is 17.9 Å². The maximum absolute atomic E-state index is 12.2. The Bertz CT molecular complexity index is 699. The normalized spacial score (nSPS) is 10.4. The van der Waals surface area contributed by atoms with E-state index in [1.54, 1.807) is 48.5 Å². The standard InChI is InChI=1S/C17H17ClN2O2/c1-11(2)19-16(21)12-5-3-6-13(9-12)17(22)20-15-8-4-7-14(18)10-15/h3-11H,1-2H3,(H,19,21)(H,20,22). The Hall–Kier alpha value is -2.33. The maximum Gasteiger partial charge on any atom is 0.255 e. The zero-order valence-electron chi connectivity index (χ0n) is 12.4. The van der Waals surface area contributed by atoms with Crippen molar-refractivity contribution in [3.05, 3.63) is 64.7 Å². The van der Waals surface area contributed by atoms with Crippen LogP contribution < -0.4 is 10.6 Å². The van der Waals surface area contributed by atoms with E-state index in [-0.39, 0.29) is 17.9 Å². The summed E-state index contributed by atoms with van der Waals surface area (Å²) in [6, 6.07) is 13.5. The second-order valence-electron chi connectivity index (χ2n) is 5.17. The Kier molecular flexibility index (Phi) is 5.17. The molecule has 5 heteroatoms. The van der Waals surface area contributed by atoms with E-state index >= 15 is 0 Å². The van der Waals surface area contributed by atoms with Gasteiger partial charge in [-0.1, -0.05) is 23.7 Å². The van der Waals surface area contributed by atoms with Gasteiger partial charge in [0.05, 0.1) is 0 Å². The second-order valence-corrected chi connectivity index (χ2v) is 5.61. The molecule has 22 heavy (non-hydrogen) atoms. The lowest BCUT2D eigenvalue weighted by molar-refractivity contribution is 0.0943. The predicted octanol–water partition coefficient (Wildman–Crippen LogP) is 3.73. The van der Waals surface area contributed by atoms with Gasteiger partial charge in [-0.2, -0.15) is 0 Å². The third-order valence-electron chi connectivity index (χ3n) is 2.89. The van der Waals surface area contributed by atoms with Gasteiger partial charge < -0.3 is 10.6 Å². The molecule has 114 valence electrons.